The van der Waals surface area contributed by atoms with E-state index < -0.39 is 0 Å². The zero-order chi connectivity index (χ0) is 15.9. The van der Waals surface area contributed by atoms with Crippen LogP contribution >= 0.6 is 23.8 Å². The third-order valence-corrected chi connectivity index (χ3v) is 3.50. The van der Waals surface area contributed by atoms with E-state index in [0.29, 0.717) is 10.8 Å². The summed E-state index contributed by atoms with van der Waals surface area (Å²) < 4.78 is 5.34. The lowest BCUT2D eigenvalue weighted by atomic mass is 10.2. The number of hydrogen-bond donors (Lipinski definition) is 2. The van der Waals surface area contributed by atoms with Crippen LogP contribution in [0, 0.1) is 6.92 Å². The third-order valence-electron chi connectivity index (χ3n) is 2.88. The zero-order valence-corrected chi connectivity index (χ0v) is 13.5. The van der Waals surface area contributed by atoms with E-state index in [4.69, 9.17) is 28.6 Å². The molecule has 0 aliphatic rings. The van der Waals surface area contributed by atoms with E-state index in [2.05, 4.69) is 10.6 Å². The quantitative estimate of drug-likeness (QED) is 0.840. The molecule has 2 N–H and O–H groups in total. The lowest BCUT2D eigenvalue weighted by Gasteiger charge is -2.12. The van der Waals surface area contributed by atoms with E-state index >= 15 is 0 Å². The third kappa shape index (κ3) is 4.72. The van der Waals surface area contributed by atoms with E-state index in [1.54, 1.807) is 24.3 Å². The molecule has 0 saturated carbocycles. The largest absolute Gasteiger partial charge is 0.484 e. The first-order valence-electron chi connectivity index (χ1n) is 6.60. The van der Waals surface area contributed by atoms with Gasteiger partial charge in [-0.2, -0.15) is 0 Å². The topological polar surface area (TPSA) is 50.4 Å². The van der Waals surface area contributed by atoms with Gasteiger partial charge in [0.2, 0.25) is 0 Å². The van der Waals surface area contributed by atoms with E-state index in [0.717, 1.165) is 11.3 Å². The number of carbonyl (C=O) groups excluding carboxylic acids is 1. The van der Waals surface area contributed by atoms with Crippen molar-refractivity contribution >= 4 is 40.5 Å². The van der Waals surface area contributed by atoms with Crippen LogP contribution in [0.25, 0.3) is 0 Å². The Morgan fingerprint density at radius 2 is 1.91 bits per heavy atom. The van der Waals surface area contributed by atoms with Crippen LogP contribution in [0.2, 0.25) is 5.02 Å². The van der Waals surface area contributed by atoms with Gasteiger partial charge in [0.05, 0.1) is 0 Å². The number of rotatable bonds is 4. The lowest BCUT2D eigenvalue weighted by Crippen LogP contribution is -2.37. The number of carbonyl (C=O) groups is 1. The van der Waals surface area contributed by atoms with Crippen LogP contribution in [0.15, 0.2) is 48.5 Å². The van der Waals surface area contributed by atoms with Crippen LogP contribution in [0.5, 0.6) is 5.75 Å². The Balaban J connectivity index is 1.84. The van der Waals surface area contributed by atoms with Gasteiger partial charge in [-0.3, -0.25) is 10.1 Å². The molecule has 6 heteroatoms. The molecule has 2 aromatic rings. The number of ether oxygens (including phenoxy) is 1. The number of para-hydroxylation sites is 1. The minimum Gasteiger partial charge on any atom is -0.484 e. The van der Waals surface area contributed by atoms with E-state index in [1.807, 2.05) is 31.2 Å². The maximum atomic E-state index is 11.8. The van der Waals surface area contributed by atoms with Crippen molar-refractivity contribution in [2.75, 3.05) is 11.9 Å². The molecule has 0 atom stereocenters. The van der Waals surface area contributed by atoms with Gasteiger partial charge in [0.25, 0.3) is 5.91 Å². The summed E-state index contributed by atoms with van der Waals surface area (Å²) in [5, 5.41) is 6.33. The highest BCUT2D eigenvalue weighted by molar-refractivity contribution is 7.80. The Morgan fingerprint density at radius 1 is 1.18 bits per heavy atom. The van der Waals surface area contributed by atoms with Crippen LogP contribution in [-0.4, -0.2) is 17.6 Å². The Labute approximate surface area is 139 Å². The molecule has 0 saturated heterocycles. The number of thiocarbonyl (C=S) groups is 1. The summed E-state index contributed by atoms with van der Waals surface area (Å²) in [4.78, 5) is 11.8. The predicted molar refractivity (Wildman–Crippen MR) is 92.5 cm³/mol. The minimum atomic E-state index is -0.332. The summed E-state index contributed by atoms with van der Waals surface area (Å²) in [7, 11) is 0. The van der Waals surface area contributed by atoms with Crippen molar-refractivity contribution in [1.29, 1.82) is 0 Å². The molecule has 114 valence electrons. The van der Waals surface area contributed by atoms with Gasteiger partial charge in [0.15, 0.2) is 11.7 Å². The molecular formula is C16H15ClN2O2S. The highest BCUT2D eigenvalue weighted by Crippen LogP contribution is 2.22. The molecule has 1 amide bonds. The molecule has 0 aromatic heterocycles. The second-order valence-corrected chi connectivity index (χ2v) is 5.33. The monoisotopic (exact) mass is 334 g/mol. The Hall–Kier alpha value is -2.11. The lowest BCUT2D eigenvalue weighted by molar-refractivity contribution is -0.121. The average Bonchev–Trinajstić information content (AvgIpc) is 2.51. The fraction of sp³-hybridized carbons (Fsp3) is 0.125. The predicted octanol–water partition coefficient (Wildman–Crippen LogP) is 3.54. The highest BCUT2D eigenvalue weighted by Gasteiger charge is 2.08. The van der Waals surface area contributed by atoms with Crippen molar-refractivity contribution in [2.45, 2.75) is 6.92 Å². The van der Waals surface area contributed by atoms with Crippen LogP contribution in [0.3, 0.4) is 0 Å². The van der Waals surface area contributed by atoms with Crippen LogP contribution in [0.1, 0.15) is 5.56 Å². The van der Waals surface area contributed by atoms with Gasteiger partial charge in [0.1, 0.15) is 5.75 Å². The number of anilines is 1. The van der Waals surface area contributed by atoms with E-state index in [-0.39, 0.29) is 17.6 Å². The van der Waals surface area contributed by atoms with Crippen LogP contribution in [0.4, 0.5) is 5.69 Å². The molecule has 0 fully saturated rings. The summed E-state index contributed by atoms with van der Waals surface area (Å²) >= 11 is 11.1. The van der Waals surface area contributed by atoms with Crippen molar-refractivity contribution in [3.05, 3.63) is 59.1 Å². The first kappa shape index (κ1) is 16.3. The number of benzene rings is 2. The van der Waals surface area contributed by atoms with Crippen molar-refractivity contribution in [3.8, 4) is 5.75 Å². The maximum Gasteiger partial charge on any atom is 0.264 e. The summed E-state index contributed by atoms with van der Waals surface area (Å²) in [6.45, 7) is 1.76. The van der Waals surface area contributed by atoms with Gasteiger partial charge in [-0.15, -0.1) is 0 Å². The van der Waals surface area contributed by atoms with Gasteiger partial charge >= 0.3 is 0 Å². The van der Waals surface area contributed by atoms with Crippen LogP contribution < -0.4 is 15.4 Å². The fourth-order valence-electron chi connectivity index (χ4n) is 1.72. The van der Waals surface area contributed by atoms with Crippen molar-refractivity contribution in [3.63, 3.8) is 0 Å². The molecule has 22 heavy (non-hydrogen) atoms. The standard InChI is InChI=1S/C16H15ClN2O2S/c1-11-13(17)8-5-9-14(11)18-16(22)19-15(20)10-21-12-6-3-2-4-7-12/h2-9H,10H2,1H3,(H2,18,19,20,22). The second-order valence-electron chi connectivity index (χ2n) is 4.52. The van der Waals surface area contributed by atoms with Crippen molar-refractivity contribution in [1.82, 2.24) is 5.32 Å². The maximum absolute atomic E-state index is 11.8. The van der Waals surface area contributed by atoms with Gasteiger partial charge in [-0.25, -0.2) is 0 Å². The minimum absolute atomic E-state index is 0.111. The zero-order valence-electron chi connectivity index (χ0n) is 11.9. The molecule has 0 radical (unpaired) electrons. The molecule has 0 unspecified atom stereocenters. The van der Waals surface area contributed by atoms with Crippen molar-refractivity contribution < 1.29 is 9.53 Å². The first-order valence-corrected chi connectivity index (χ1v) is 7.38. The Kier molecular flexibility index (Phi) is 5.75. The summed E-state index contributed by atoms with van der Waals surface area (Å²) in [5.74, 6) is 0.295. The normalized spacial score (nSPS) is 9.91. The van der Waals surface area contributed by atoms with Gasteiger partial charge < -0.3 is 10.1 Å². The molecule has 0 aliphatic carbocycles. The molecule has 0 bridgehead atoms. The summed E-state index contributed by atoms with van der Waals surface area (Å²) in [6.07, 6.45) is 0. The highest BCUT2D eigenvalue weighted by atomic mass is 35.5. The molecule has 0 heterocycles. The summed E-state index contributed by atoms with van der Waals surface area (Å²) in [6, 6.07) is 14.5. The molecular weight excluding hydrogens is 320 g/mol. The number of amides is 1. The van der Waals surface area contributed by atoms with Gasteiger partial charge in [-0.1, -0.05) is 35.9 Å². The number of nitrogens with one attached hydrogen (secondary N) is 2. The fourth-order valence-corrected chi connectivity index (χ4v) is 2.12. The Morgan fingerprint density at radius 3 is 2.64 bits per heavy atom. The van der Waals surface area contributed by atoms with Gasteiger partial charge in [0, 0.05) is 10.7 Å². The van der Waals surface area contributed by atoms with E-state index in [9.17, 15) is 4.79 Å². The molecule has 2 aromatic carbocycles. The summed E-state index contributed by atoms with van der Waals surface area (Å²) in [5.41, 5.74) is 1.61. The molecule has 2 rings (SSSR count). The smallest absolute Gasteiger partial charge is 0.264 e. The first-order chi connectivity index (χ1) is 10.6. The second kappa shape index (κ2) is 7.77. The molecule has 4 nitrogen and oxygen atoms in total. The number of halogens is 1. The molecule has 0 aliphatic heterocycles. The van der Waals surface area contributed by atoms with Crippen molar-refractivity contribution in [2.24, 2.45) is 0 Å². The number of hydrogen-bond acceptors (Lipinski definition) is 3. The average molecular weight is 335 g/mol. The molecule has 0 spiro atoms. The SMILES string of the molecule is Cc1c(Cl)cccc1NC(=S)NC(=O)COc1ccccc1. The van der Waals surface area contributed by atoms with E-state index in [1.165, 1.54) is 0 Å². The van der Waals surface area contributed by atoms with Crippen LogP contribution in [-0.2, 0) is 4.79 Å². The Bertz CT molecular complexity index is 677. The van der Waals surface area contributed by atoms with Gasteiger partial charge in [-0.05, 0) is 49.0 Å².